The van der Waals surface area contributed by atoms with E-state index >= 15 is 0 Å². The van der Waals surface area contributed by atoms with Gasteiger partial charge in [0.15, 0.2) is 5.16 Å². The number of hydrogen-bond acceptors (Lipinski definition) is 6. The average Bonchev–Trinajstić information content (AvgIpc) is 3.50. The number of benzene rings is 2. The first-order valence-corrected chi connectivity index (χ1v) is 11.8. The minimum Gasteiger partial charge on any atom is -0.378 e. The highest BCUT2D eigenvalue weighted by atomic mass is 32.2. The van der Waals surface area contributed by atoms with Gasteiger partial charge in [-0.2, -0.15) is 0 Å². The van der Waals surface area contributed by atoms with Gasteiger partial charge in [0.1, 0.15) is 6.33 Å². The minimum absolute atomic E-state index is 0.0739. The number of thioether (sulfide) groups is 1. The Balaban J connectivity index is 1.44. The lowest BCUT2D eigenvalue weighted by Crippen LogP contribution is -2.38. The van der Waals surface area contributed by atoms with Crippen LogP contribution >= 0.6 is 11.8 Å². The molecular weight excluding hydrogens is 422 g/mol. The fraction of sp³-hybridized carbons (Fsp3) is 0.375. The Morgan fingerprint density at radius 2 is 1.94 bits per heavy atom. The van der Waals surface area contributed by atoms with Crippen LogP contribution in [-0.4, -0.2) is 64.7 Å². The fourth-order valence-electron chi connectivity index (χ4n) is 3.71. The number of amides is 1. The molecular formula is C24H29N5O2S. The normalized spacial score (nSPS) is 15.6. The summed E-state index contributed by atoms with van der Waals surface area (Å²) < 4.78 is 7.72. The molecule has 1 atom stereocenters. The number of anilines is 1. The number of ether oxygens (including phenoxy) is 1. The molecule has 2 heterocycles. The van der Waals surface area contributed by atoms with Crippen molar-refractivity contribution in [2.24, 2.45) is 0 Å². The quantitative estimate of drug-likeness (QED) is 0.463. The second-order valence-electron chi connectivity index (χ2n) is 8.08. The molecule has 4 rings (SSSR count). The zero-order valence-corrected chi connectivity index (χ0v) is 19.4. The second-order valence-corrected chi connectivity index (χ2v) is 9.02. The van der Waals surface area contributed by atoms with E-state index < -0.39 is 0 Å². The fourth-order valence-corrected chi connectivity index (χ4v) is 4.55. The van der Waals surface area contributed by atoms with Crippen LogP contribution in [-0.2, 0) is 16.1 Å². The van der Waals surface area contributed by atoms with Crippen molar-refractivity contribution in [2.45, 2.75) is 30.6 Å². The van der Waals surface area contributed by atoms with Crippen molar-refractivity contribution in [1.82, 2.24) is 19.7 Å². The van der Waals surface area contributed by atoms with Gasteiger partial charge in [0.25, 0.3) is 0 Å². The Kier molecular flexibility index (Phi) is 7.44. The Morgan fingerprint density at radius 3 is 2.62 bits per heavy atom. The van der Waals surface area contributed by atoms with Gasteiger partial charge >= 0.3 is 0 Å². The largest absolute Gasteiger partial charge is 0.378 e. The summed E-state index contributed by atoms with van der Waals surface area (Å²) in [6.45, 7) is 1.96. The maximum Gasteiger partial charge on any atom is 0.233 e. The van der Waals surface area contributed by atoms with E-state index in [1.54, 1.807) is 6.33 Å². The molecule has 0 bridgehead atoms. The molecule has 1 aliphatic rings. The predicted octanol–water partition coefficient (Wildman–Crippen LogP) is 3.63. The van der Waals surface area contributed by atoms with E-state index in [9.17, 15) is 4.79 Å². The lowest BCUT2D eigenvalue weighted by Gasteiger charge is -2.26. The molecule has 1 unspecified atom stereocenters. The van der Waals surface area contributed by atoms with Gasteiger partial charge in [-0.3, -0.25) is 9.36 Å². The Labute approximate surface area is 193 Å². The number of nitrogens with zero attached hydrogens (tertiary/aromatic N) is 5. The van der Waals surface area contributed by atoms with Gasteiger partial charge < -0.3 is 14.5 Å². The second kappa shape index (κ2) is 10.7. The molecule has 1 amide bonds. The van der Waals surface area contributed by atoms with E-state index in [0.29, 0.717) is 24.0 Å². The number of rotatable bonds is 9. The van der Waals surface area contributed by atoms with Crippen LogP contribution in [0.15, 0.2) is 66.1 Å². The Bertz CT molecular complexity index is 1000. The molecule has 1 aliphatic heterocycles. The first-order valence-electron chi connectivity index (χ1n) is 10.8. The van der Waals surface area contributed by atoms with Crippen molar-refractivity contribution in [3.63, 3.8) is 0 Å². The predicted molar refractivity (Wildman–Crippen MR) is 127 cm³/mol. The van der Waals surface area contributed by atoms with Crippen LogP contribution in [0.4, 0.5) is 5.69 Å². The molecule has 2 aromatic carbocycles. The molecule has 3 aromatic rings. The van der Waals surface area contributed by atoms with Crippen LogP contribution in [0.2, 0.25) is 0 Å². The van der Waals surface area contributed by atoms with Crippen molar-refractivity contribution < 1.29 is 9.53 Å². The van der Waals surface area contributed by atoms with E-state index in [4.69, 9.17) is 4.74 Å². The van der Waals surface area contributed by atoms with Gasteiger partial charge in [0.2, 0.25) is 5.91 Å². The standard InChI is InChI=1S/C24H29N5O2S/c1-27(2)20-12-10-19(11-13-20)15-28(16-22-9-6-14-31-22)23(30)17-32-24-26-25-18-29(24)21-7-4-3-5-8-21/h3-5,7-8,10-13,18,22H,6,9,14-17H2,1-2H3. The molecule has 8 heteroatoms. The van der Waals surface area contributed by atoms with Crippen molar-refractivity contribution >= 4 is 23.4 Å². The number of carbonyl (C=O) groups is 1. The highest BCUT2D eigenvalue weighted by Crippen LogP contribution is 2.22. The summed E-state index contributed by atoms with van der Waals surface area (Å²) in [5.74, 6) is 0.374. The van der Waals surface area contributed by atoms with Crippen LogP contribution in [0.5, 0.6) is 0 Å². The maximum absolute atomic E-state index is 13.2. The maximum atomic E-state index is 13.2. The van der Waals surface area contributed by atoms with Crippen LogP contribution in [0, 0.1) is 0 Å². The lowest BCUT2D eigenvalue weighted by atomic mass is 10.1. The van der Waals surface area contributed by atoms with E-state index in [1.165, 1.54) is 11.8 Å². The van der Waals surface area contributed by atoms with Gasteiger partial charge in [-0.15, -0.1) is 10.2 Å². The Hall–Kier alpha value is -2.84. The topological polar surface area (TPSA) is 63.5 Å². The summed E-state index contributed by atoms with van der Waals surface area (Å²) in [7, 11) is 4.04. The molecule has 0 aliphatic carbocycles. The Morgan fingerprint density at radius 1 is 1.16 bits per heavy atom. The summed E-state index contributed by atoms with van der Waals surface area (Å²) in [6.07, 6.45) is 3.84. The van der Waals surface area contributed by atoms with Gasteiger partial charge in [-0.05, 0) is 42.7 Å². The number of carbonyl (C=O) groups excluding carboxylic acids is 1. The van der Waals surface area contributed by atoms with E-state index in [0.717, 1.165) is 36.4 Å². The highest BCUT2D eigenvalue weighted by molar-refractivity contribution is 7.99. The zero-order chi connectivity index (χ0) is 22.3. The zero-order valence-electron chi connectivity index (χ0n) is 18.6. The molecule has 7 nitrogen and oxygen atoms in total. The molecule has 32 heavy (non-hydrogen) atoms. The minimum atomic E-state index is 0.0739. The smallest absolute Gasteiger partial charge is 0.233 e. The molecule has 168 valence electrons. The summed E-state index contributed by atoms with van der Waals surface area (Å²) in [6, 6.07) is 18.3. The van der Waals surface area contributed by atoms with E-state index in [1.807, 2.05) is 53.9 Å². The van der Waals surface area contributed by atoms with Gasteiger partial charge in [0.05, 0.1) is 11.9 Å². The third kappa shape index (κ3) is 5.69. The summed E-state index contributed by atoms with van der Waals surface area (Å²) in [4.78, 5) is 17.2. The molecule has 1 fully saturated rings. The molecule has 1 saturated heterocycles. The third-order valence-corrected chi connectivity index (χ3v) is 6.43. The molecule has 0 saturated carbocycles. The van der Waals surface area contributed by atoms with Crippen LogP contribution in [0.3, 0.4) is 0 Å². The third-order valence-electron chi connectivity index (χ3n) is 5.50. The molecule has 0 N–H and O–H groups in total. The first-order chi connectivity index (χ1) is 15.6. The van der Waals surface area contributed by atoms with Crippen LogP contribution in [0.1, 0.15) is 18.4 Å². The van der Waals surface area contributed by atoms with Crippen molar-refractivity contribution in [1.29, 1.82) is 0 Å². The van der Waals surface area contributed by atoms with Crippen molar-refractivity contribution in [2.75, 3.05) is 37.9 Å². The van der Waals surface area contributed by atoms with E-state index in [-0.39, 0.29) is 12.0 Å². The molecule has 0 spiro atoms. The van der Waals surface area contributed by atoms with Crippen LogP contribution < -0.4 is 4.90 Å². The average molecular weight is 452 g/mol. The number of hydrogen-bond donors (Lipinski definition) is 0. The van der Waals surface area contributed by atoms with E-state index in [2.05, 4.69) is 39.4 Å². The van der Waals surface area contributed by atoms with Crippen molar-refractivity contribution in [3.8, 4) is 5.69 Å². The summed E-state index contributed by atoms with van der Waals surface area (Å²) >= 11 is 1.41. The van der Waals surface area contributed by atoms with Gasteiger partial charge in [0, 0.05) is 45.2 Å². The lowest BCUT2D eigenvalue weighted by molar-refractivity contribution is -0.130. The first kappa shape index (κ1) is 22.4. The SMILES string of the molecule is CN(C)c1ccc(CN(CC2CCCO2)C(=O)CSc2nncn2-c2ccccc2)cc1. The summed E-state index contributed by atoms with van der Waals surface area (Å²) in [5.41, 5.74) is 3.23. The summed E-state index contributed by atoms with van der Waals surface area (Å²) in [5, 5.41) is 8.96. The molecule has 1 aromatic heterocycles. The number of para-hydroxylation sites is 1. The highest BCUT2D eigenvalue weighted by Gasteiger charge is 2.23. The van der Waals surface area contributed by atoms with Crippen LogP contribution in [0.25, 0.3) is 5.69 Å². The van der Waals surface area contributed by atoms with Gasteiger partial charge in [-0.25, -0.2) is 0 Å². The van der Waals surface area contributed by atoms with Crippen molar-refractivity contribution in [3.05, 3.63) is 66.5 Å². The number of aromatic nitrogens is 3. The van der Waals surface area contributed by atoms with Gasteiger partial charge in [-0.1, -0.05) is 42.1 Å². The monoisotopic (exact) mass is 451 g/mol. The molecule has 0 radical (unpaired) electrons.